The summed E-state index contributed by atoms with van der Waals surface area (Å²) in [5.74, 6) is 5.07. The lowest BCUT2D eigenvalue weighted by Gasteiger charge is -2.36. The van der Waals surface area contributed by atoms with Gasteiger partial charge < -0.3 is 0 Å². The van der Waals surface area contributed by atoms with E-state index in [1.54, 1.807) is 0 Å². The Balaban J connectivity index is 4.52. The van der Waals surface area contributed by atoms with Crippen molar-refractivity contribution in [1.82, 2.24) is 0 Å². The molecule has 4 atom stereocenters. The van der Waals surface area contributed by atoms with Crippen LogP contribution in [0.4, 0.5) is 0 Å². The van der Waals surface area contributed by atoms with Gasteiger partial charge in [-0.05, 0) is 35.5 Å². The van der Waals surface area contributed by atoms with Crippen LogP contribution in [0.15, 0.2) is 0 Å². The van der Waals surface area contributed by atoms with Crippen molar-refractivity contribution in [3.05, 3.63) is 0 Å². The Kier molecular flexibility index (Phi) is 6.55. The summed E-state index contributed by atoms with van der Waals surface area (Å²) in [6.45, 7) is 19.1. The van der Waals surface area contributed by atoms with Crippen LogP contribution in [-0.4, -0.2) is 0 Å². The van der Waals surface area contributed by atoms with Crippen molar-refractivity contribution in [1.29, 1.82) is 0 Å². The maximum Gasteiger partial charge on any atom is -0.0360 e. The van der Waals surface area contributed by atoms with Gasteiger partial charge in [-0.3, -0.25) is 0 Å². The van der Waals surface area contributed by atoms with E-state index < -0.39 is 0 Å². The van der Waals surface area contributed by atoms with Gasteiger partial charge in [0.15, 0.2) is 0 Å². The van der Waals surface area contributed by atoms with Crippen LogP contribution in [0.3, 0.4) is 0 Å². The molecule has 4 unspecified atom stereocenters. The molecule has 92 valence electrons. The fourth-order valence-corrected chi connectivity index (χ4v) is 2.71. The van der Waals surface area contributed by atoms with Crippen molar-refractivity contribution >= 4 is 0 Å². The van der Waals surface area contributed by atoms with E-state index in [-0.39, 0.29) is 0 Å². The first-order valence-corrected chi connectivity index (χ1v) is 6.82. The summed E-state index contributed by atoms with van der Waals surface area (Å²) in [6, 6.07) is 0. The van der Waals surface area contributed by atoms with Gasteiger partial charge in [0.05, 0.1) is 0 Å². The molecule has 0 radical (unpaired) electrons. The van der Waals surface area contributed by atoms with Gasteiger partial charge in [0.25, 0.3) is 0 Å². The molecule has 0 bridgehead atoms. The van der Waals surface area contributed by atoms with E-state index in [0.717, 1.165) is 35.5 Å². The zero-order valence-electron chi connectivity index (χ0n) is 12.2. The molecule has 0 N–H and O–H groups in total. The van der Waals surface area contributed by atoms with Crippen LogP contribution in [-0.2, 0) is 0 Å². The Hall–Kier alpha value is 0. The minimum absolute atomic E-state index is 0.813. The predicted octanol–water partition coefficient (Wildman–Crippen LogP) is 5.23. The largest absolute Gasteiger partial charge is 0.0651 e. The Morgan fingerprint density at radius 3 is 1.27 bits per heavy atom. The Morgan fingerprint density at radius 2 is 1.00 bits per heavy atom. The summed E-state index contributed by atoms with van der Waals surface area (Å²) in [7, 11) is 0. The Morgan fingerprint density at radius 1 is 0.600 bits per heavy atom. The van der Waals surface area contributed by atoms with Crippen LogP contribution >= 0.6 is 0 Å². The highest BCUT2D eigenvalue weighted by molar-refractivity contribution is 4.77. The number of rotatable bonds is 6. The first-order valence-electron chi connectivity index (χ1n) is 6.82. The second kappa shape index (κ2) is 6.55. The van der Waals surface area contributed by atoms with Crippen LogP contribution in [0.5, 0.6) is 0 Å². The third-order valence-corrected chi connectivity index (χ3v) is 4.75. The molecule has 0 aromatic carbocycles. The summed E-state index contributed by atoms with van der Waals surface area (Å²) in [6.07, 6.45) is 1.33. The highest BCUT2D eigenvalue weighted by Gasteiger charge is 2.28. The minimum Gasteiger partial charge on any atom is -0.0651 e. The lowest BCUT2D eigenvalue weighted by Crippen LogP contribution is -2.29. The molecule has 0 rings (SSSR count). The third-order valence-electron chi connectivity index (χ3n) is 4.75. The van der Waals surface area contributed by atoms with Gasteiger partial charge in [0.2, 0.25) is 0 Å². The maximum atomic E-state index is 2.46. The summed E-state index contributed by atoms with van der Waals surface area (Å²) in [4.78, 5) is 0. The van der Waals surface area contributed by atoms with Crippen LogP contribution in [0.2, 0.25) is 0 Å². The molecule has 0 aliphatic carbocycles. The Labute approximate surface area is 97.8 Å². The first kappa shape index (κ1) is 15.0. The summed E-state index contributed by atoms with van der Waals surface area (Å²) in [5.41, 5.74) is 0. The molecule has 0 nitrogen and oxygen atoms in total. The van der Waals surface area contributed by atoms with E-state index >= 15 is 0 Å². The second-order valence-electron chi connectivity index (χ2n) is 6.14. The van der Waals surface area contributed by atoms with Crippen molar-refractivity contribution in [2.24, 2.45) is 35.5 Å². The zero-order valence-corrected chi connectivity index (χ0v) is 12.2. The molecule has 0 aromatic rings. The van der Waals surface area contributed by atoms with Crippen molar-refractivity contribution in [3.8, 4) is 0 Å². The summed E-state index contributed by atoms with van der Waals surface area (Å²) >= 11 is 0. The van der Waals surface area contributed by atoms with E-state index in [4.69, 9.17) is 0 Å². The molecule has 0 amide bonds. The predicted molar refractivity (Wildman–Crippen MR) is 70.9 cm³/mol. The number of hydrogen-bond donors (Lipinski definition) is 0. The maximum absolute atomic E-state index is 2.46. The number of hydrogen-bond acceptors (Lipinski definition) is 0. The lowest BCUT2D eigenvalue weighted by molar-refractivity contribution is 0.131. The van der Waals surface area contributed by atoms with Gasteiger partial charge in [-0.1, -0.05) is 61.8 Å². The monoisotopic (exact) mass is 212 g/mol. The van der Waals surface area contributed by atoms with Gasteiger partial charge in [0, 0.05) is 0 Å². The van der Waals surface area contributed by atoms with E-state index in [9.17, 15) is 0 Å². The van der Waals surface area contributed by atoms with Gasteiger partial charge in [0.1, 0.15) is 0 Å². The second-order valence-corrected chi connectivity index (χ2v) is 6.14. The van der Waals surface area contributed by atoms with Gasteiger partial charge in [-0.15, -0.1) is 0 Å². The average Bonchev–Trinajstić information content (AvgIpc) is 2.16. The molecule has 0 heterocycles. The van der Waals surface area contributed by atoms with Gasteiger partial charge in [-0.25, -0.2) is 0 Å². The first-order chi connectivity index (χ1) is 6.82. The fourth-order valence-electron chi connectivity index (χ4n) is 2.71. The van der Waals surface area contributed by atoms with E-state index in [0.29, 0.717) is 0 Å². The Bertz CT molecular complexity index is 157. The molecular formula is C15H32. The summed E-state index contributed by atoms with van der Waals surface area (Å²) < 4.78 is 0. The van der Waals surface area contributed by atoms with Crippen molar-refractivity contribution in [2.45, 2.75) is 61.8 Å². The molecule has 0 spiro atoms. The smallest absolute Gasteiger partial charge is 0.0360 e. The molecule has 0 aliphatic heterocycles. The van der Waals surface area contributed by atoms with Crippen LogP contribution in [0.25, 0.3) is 0 Å². The molecule has 15 heavy (non-hydrogen) atoms. The van der Waals surface area contributed by atoms with Crippen LogP contribution in [0, 0.1) is 35.5 Å². The van der Waals surface area contributed by atoms with Crippen LogP contribution < -0.4 is 0 Å². The quantitative estimate of drug-likeness (QED) is 0.565. The van der Waals surface area contributed by atoms with Crippen molar-refractivity contribution in [3.63, 3.8) is 0 Å². The van der Waals surface area contributed by atoms with Gasteiger partial charge in [-0.2, -0.15) is 0 Å². The fraction of sp³-hybridized carbons (Fsp3) is 1.00. The van der Waals surface area contributed by atoms with Crippen molar-refractivity contribution < 1.29 is 0 Å². The molecule has 0 aliphatic rings. The van der Waals surface area contributed by atoms with Crippen molar-refractivity contribution in [2.75, 3.05) is 0 Å². The molecular weight excluding hydrogens is 180 g/mol. The lowest BCUT2D eigenvalue weighted by atomic mass is 9.70. The van der Waals surface area contributed by atoms with Gasteiger partial charge >= 0.3 is 0 Å². The SMILES string of the molecule is CCC(C(C)C(C)C)C(C)C(C)C(C)C. The molecule has 0 saturated heterocycles. The van der Waals surface area contributed by atoms with E-state index in [1.807, 2.05) is 0 Å². The third kappa shape index (κ3) is 4.17. The molecule has 0 fully saturated rings. The highest BCUT2D eigenvalue weighted by atomic mass is 14.3. The normalized spacial score (nSPS) is 20.4. The zero-order chi connectivity index (χ0) is 12.2. The molecule has 0 aromatic heterocycles. The highest BCUT2D eigenvalue weighted by Crippen LogP contribution is 2.36. The van der Waals surface area contributed by atoms with E-state index in [1.165, 1.54) is 6.42 Å². The topological polar surface area (TPSA) is 0 Å². The van der Waals surface area contributed by atoms with E-state index in [2.05, 4.69) is 55.4 Å². The summed E-state index contributed by atoms with van der Waals surface area (Å²) in [5, 5.41) is 0. The molecule has 0 heteroatoms. The van der Waals surface area contributed by atoms with Crippen LogP contribution in [0.1, 0.15) is 61.8 Å². The minimum atomic E-state index is 0.813. The average molecular weight is 212 g/mol. The molecule has 0 saturated carbocycles. The standard InChI is InChI=1S/C15H32/c1-9-15(13(7)11(4)5)14(8)12(6)10(2)3/h10-15H,9H2,1-8H3.